The fourth-order valence-electron chi connectivity index (χ4n) is 1.54. The second kappa shape index (κ2) is 4.00. The predicted octanol–water partition coefficient (Wildman–Crippen LogP) is 0.743. The summed E-state index contributed by atoms with van der Waals surface area (Å²) in [5.41, 5.74) is 5.81. The normalized spacial score (nSPS) is 25.1. The third-order valence-electron chi connectivity index (χ3n) is 2.54. The molecule has 3 N–H and O–H groups in total. The van der Waals surface area contributed by atoms with Gasteiger partial charge >= 0.3 is 0 Å². The molecule has 0 saturated carbocycles. The van der Waals surface area contributed by atoms with Gasteiger partial charge in [0.2, 0.25) is 5.91 Å². The highest BCUT2D eigenvalue weighted by atomic mass is 16.5. The van der Waals surface area contributed by atoms with Crippen LogP contribution in [0.1, 0.15) is 6.42 Å². The summed E-state index contributed by atoms with van der Waals surface area (Å²) in [5.74, 6) is -0.175. The third kappa shape index (κ3) is 2.16. The molecule has 0 aromatic heterocycles. The van der Waals surface area contributed by atoms with Gasteiger partial charge in [-0.25, -0.2) is 0 Å². The summed E-state index contributed by atoms with van der Waals surface area (Å²) >= 11 is 0. The molecule has 15 heavy (non-hydrogen) atoms. The van der Waals surface area contributed by atoms with Crippen LogP contribution >= 0.6 is 0 Å². The molecule has 80 valence electrons. The van der Waals surface area contributed by atoms with Gasteiger partial charge in [-0.2, -0.15) is 0 Å². The number of amides is 1. The average molecular weight is 206 g/mol. The molecule has 1 aromatic carbocycles. The minimum absolute atomic E-state index is 0.175. The van der Waals surface area contributed by atoms with Crippen molar-refractivity contribution in [1.82, 2.24) is 0 Å². The smallest absolute Gasteiger partial charge is 0.246 e. The van der Waals surface area contributed by atoms with E-state index < -0.39 is 5.54 Å². The summed E-state index contributed by atoms with van der Waals surface area (Å²) in [7, 11) is 0. The van der Waals surface area contributed by atoms with Crippen molar-refractivity contribution < 1.29 is 9.53 Å². The van der Waals surface area contributed by atoms with Crippen LogP contribution in [0.2, 0.25) is 0 Å². The number of ether oxygens (including phenoxy) is 1. The van der Waals surface area contributed by atoms with Crippen LogP contribution < -0.4 is 11.1 Å². The fourth-order valence-corrected chi connectivity index (χ4v) is 1.54. The molecular formula is C11H14N2O2. The number of carbonyl (C=O) groups excluding carboxylic acids is 1. The summed E-state index contributed by atoms with van der Waals surface area (Å²) in [6.45, 7) is 0.852. The van der Waals surface area contributed by atoms with Crippen molar-refractivity contribution in [2.24, 2.45) is 5.73 Å². The van der Waals surface area contributed by atoms with Crippen LogP contribution in [0, 0.1) is 0 Å². The second-order valence-electron chi connectivity index (χ2n) is 3.78. The quantitative estimate of drug-likeness (QED) is 0.750. The minimum atomic E-state index is -0.865. The van der Waals surface area contributed by atoms with E-state index in [-0.39, 0.29) is 5.91 Å². The zero-order valence-electron chi connectivity index (χ0n) is 8.40. The van der Waals surface area contributed by atoms with Crippen LogP contribution in [0.25, 0.3) is 0 Å². The molecule has 1 aliphatic heterocycles. The molecule has 1 heterocycles. The van der Waals surface area contributed by atoms with Gasteiger partial charge in [0.15, 0.2) is 0 Å². The van der Waals surface area contributed by atoms with Crippen molar-refractivity contribution in [3.05, 3.63) is 30.3 Å². The standard InChI is InChI=1S/C11H14N2O2/c12-11(6-7-15-8-11)10(14)13-9-4-2-1-3-5-9/h1-5H,6-8,12H2,(H,13,14). The Hall–Kier alpha value is -1.39. The number of benzene rings is 1. The molecular weight excluding hydrogens is 192 g/mol. The van der Waals surface area contributed by atoms with E-state index in [9.17, 15) is 4.79 Å². The van der Waals surface area contributed by atoms with E-state index in [1.807, 2.05) is 30.3 Å². The Labute approximate surface area is 88.4 Å². The molecule has 0 radical (unpaired) electrons. The fraction of sp³-hybridized carbons (Fsp3) is 0.364. The van der Waals surface area contributed by atoms with Crippen LogP contribution in [0.5, 0.6) is 0 Å². The van der Waals surface area contributed by atoms with Crippen molar-refractivity contribution >= 4 is 11.6 Å². The van der Waals surface area contributed by atoms with Crippen LogP contribution in [0.3, 0.4) is 0 Å². The van der Waals surface area contributed by atoms with Crippen LogP contribution in [0.15, 0.2) is 30.3 Å². The molecule has 1 saturated heterocycles. The molecule has 1 fully saturated rings. The predicted molar refractivity (Wildman–Crippen MR) is 57.4 cm³/mol. The van der Waals surface area contributed by atoms with E-state index >= 15 is 0 Å². The summed E-state index contributed by atoms with van der Waals surface area (Å²) < 4.78 is 5.13. The Bertz CT molecular complexity index is 345. The van der Waals surface area contributed by atoms with Crippen LogP contribution in [-0.4, -0.2) is 24.7 Å². The van der Waals surface area contributed by atoms with Crippen LogP contribution in [-0.2, 0) is 9.53 Å². The lowest BCUT2D eigenvalue weighted by Crippen LogP contribution is -2.51. The summed E-state index contributed by atoms with van der Waals surface area (Å²) in [6.07, 6.45) is 0.575. The zero-order valence-corrected chi connectivity index (χ0v) is 8.40. The lowest BCUT2D eigenvalue weighted by molar-refractivity contribution is -0.121. The number of para-hydroxylation sites is 1. The van der Waals surface area contributed by atoms with Gasteiger partial charge in [0.05, 0.1) is 6.61 Å². The summed E-state index contributed by atoms with van der Waals surface area (Å²) in [4.78, 5) is 11.8. The van der Waals surface area contributed by atoms with Crippen molar-refractivity contribution in [3.8, 4) is 0 Å². The van der Waals surface area contributed by atoms with E-state index in [1.165, 1.54) is 0 Å². The first-order valence-electron chi connectivity index (χ1n) is 4.94. The van der Waals surface area contributed by atoms with Gasteiger partial charge in [-0.05, 0) is 18.6 Å². The number of carbonyl (C=O) groups is 1. The number of rotatable bonds is 2. The monoisotopic (exact) mass is 206 g/mol. The van der Waals surface area contributed by atoms with Gasteiger partial charge < -0.3 is 15.8 Å². The maximum absolute atomic E-state index is 11.8. The van der Waals surface area contributed by atoms with E-state index in [0.29, 0.717) is 19.6 Å². The number of hydrogen-bond donors (Lipinski definition) is 2. The number of nitrogens with one attached hydrogen (secondary N) is 1. The van der Waals surface area contributed by atoms with E-state index in [1.54, 1.807) is 0 Å². The highest BCUT2D eigenvalue weighted by Gasteiger charge is 2.38. The minimum Gasteiger partial charge on any atom is -0.379 e. The highest BCUT2D eigenvalue weighted by molar-refractivity contribution is 5.98. The van der Waals surface area contributed by atoms with Gasteiger partial charge in [0, 0.05) is 12.3 Å². The second-order valence-corrected chi connectivity index (χ2v) is 3.78. The molecule has 1 amide bonds. The van der Waals surface area contributed by atoms with Crippen molar-refractivity contribution in [2.45, 2.75) is 12.0 Å². The van der Waals surface area contributed by atoms with E-state index in [2.05, 4.69) is 5.32 Å². The number of anilines is 1. The van der Waals surface area contributed by atoms with Gasteiger partial charge in [0.25, 0.3) is 0 Å². The highest BCUT2D eigenvalue weighted by Crippen LogP contribution is 2.18. The van der Waals surface area contributed by atoms with E-state index in [4.69, 9.17) is 10.5 Å². The first kappa shape index (κ1) is 10.1. The summed E-state index contributed by atoms with van der Waals surface area (Å²) in [5, 5.41) is 2.78. The molecule has 1 aliphatic rings. The molecule has 0 bridgehead atoms. The Balaban J connectivity index is 2.04. The Morgan fingerprint density at radius 2 is 2.13 bits per heavy atom. The first-order valence-corrected chi connectivity index (χ1v) is 4.94. The lowest BCUT2D eigenvalue weighted by Gasteiger charge is -2.20. The van der Waals surface area contributed by atoms with Gasteiger partial charge in [-0.3, -0.25) is 4.79 Å². The molecule has 1 aromatic rings. The maximum Gasteiger partial charge on any atom is 0.246 e. The maximum atomic E-state index is 11.8. The first-order chi connectivity index (χ1) is 7.21. The molecule has 2 rings (SSSR count). The average Bonchev–Trinajstić information content (AvgIpc) is 2.68. The van der Waals surface area contributed by atoms with Crippen LogP contribution in [0.4, 0.5) is 5.69 Å². The summed E-state index contributed by atoms with van der Waals surface area (Å²) in [6, 6.07) is 9.29. The number of nitrogens with two attached hydrogens (primary N) is 1. The Morgan fingerprint density at radius 3 is 2.73 bits per heavy atom. The molecule has 0 spiro atoms. The molecule has 1 atom stereocenters. The molecule has 4 heteroatoms. The molecule has 1 unspecified atom stereocenters. The van der Waals surface area contributed by atoms with Gasteiger partial charge in [-0.1, -0.05) is 18.2 Å². The Morgan fingerprint density at radius 1 is 1.40 bits per heavy atom. The SMILES string of the molecule is NC1(C(=O)Nc2ccccc2)CCOC1. The molecule has 0 aliphatic carbocycles. The largest absolute Gasteiger partial charge is 0.379 e. The topological polar surface area (TPSA) is 64.4 Å². The number of hydrogen-bond acceptors (Lipinski definition) is 3. The van der Waals surface area contributed by atoms with Crippen molar-refractivity contribution in [1.29, 1.82) is 0 Å². The van der Waals surface area contributed by atoms with Crippen molar-refractivity contribution in [2.75, 3.05) is 18.5 Å². The van der Waals surface area contributed by atoms with E-state index in [0.717, 1.165) is 5.69 Å². The van der Waals surface area contributed by atoms with Gasteiger partial charge in [-0.15, -0.1) is 0 Å². The lowest BCUT2D eigenvalue weighted by atomic mass is 9.99. The zero-order chi connectivity index (χ0) is 10.7. The third-order valence-corrected chi connectivity index (χ3v) is 2.54. The van der Waals surface area contributed by atoms with Gasteiger partial charge in [0.1, 0.15) is 5.54 Å². The molecule has 4 nitrogen and oxygen atoms in total. The Kier molecular flexibility index (Phi) is 2.70. The van der Waals surface area contributed by atoms with Crippen molar-refractivity contribution in [3.63, 3.8) is 0 Å².